The zero-order valence-corrected chi connectivity index (χ0v) is 18.1. The van der Waals surface area contributed by atoms with E-state index in [9.17, 15) is 4.79 Å². The first kappa shape index (κ1) is 21.6. The van der Waals surface area contributed by atoms with E-state index in [0.717, 1.165) is 16.9 Å². The monoisotopic (exact) mass is 429 g/mol. The highest BCUT2D eigenvalue weighted by molar-refractivity contribution is 6.31. The van der Waals surface area contributed by atoms with Crippen LogP contribution in [0.1, 0.15) is 31.3 Å². The van der Waals surface area contributed by atoms with Gasteiger partial charge in [-0.15, -0.1) is 0 Å². The lowest BCUT2D eigenvalue weighted by molar-refractivity contribution is -0.124. The summed E-state index contributed by atoms with van der Waals surface area (Å²) in [4.78, 5) is 16.9. The largest absolute Gasteiger partial charge is 0.497 e. The van der Waals surface area contributed by atoms with Crippen molar-refractivity contribution < 1.29 is 18.8 Å². The fourth-order valence-electron chi connectivity index (χ4n) is 2.80. The molecule has 3 rings (SSSR count). The van der Waals surface area contributed by atoms with Crippen LogP contribution in [0, 0.1) is 12.8 Å². The maximum absolute atomic E-state index is 12.4. The average Bonchev–Trinajstić information content (AvgIpc) is 3.22. The molecule has 158 valence electrons. The Kier molecular flexibility index (Phi) is 6.95. The van der Waals surface area contributed by atoms with Crippen molar-refractivity contribution in [2.75, 3.05) is 13.7 Å². The Labute approximate surface area is 180 Å². The summed E-state index contributed by atoms with van der Waals surface area (Å²) < 4.78 is 16.2. The highest BCUT2D eigenvalue weighted by Gasteiger charge is 2.25. The Hall–Kier alpha value is -3.06. The molecule has 1 aromatic heterocycles. The van der Waals surface area contributed by atoms with Crippen LogP contribution < -0.4 is 14.8 Å². The highest BCUT2D eigenvalue weighted by Crippen LogP contribution is 2.25. The average molecular weight is 430 g/mol. The van der Waals surface area contributed by atoms with Gasteiger partial charge in [-0.25, -0.2) is 0 Å². The van der Waals surface area contributed by atoms with Gasteiger partial charge in [0, 0.05) is 10.6 Å². The van der Waals surface area contributed by atoms with Crippen molar-refractivity contribution in [2.45, 2.75) is 26.8 Å². The predicted molar refractivity (Wildman–Crippen MR) is 114 cm³/mol. The number of rotatable bonds is 8. The predicted octanol–water partition coefficient (Wildman–Crippen LogP) is 4.60. The zero-order valence-electron chi connectivity index (χ0n) is 17.3. The van der Waals surface area contributed by atoms with Gasteiger partial charge in [-0.05, 0) is 60.9 Å². The van der Waals surface area contributed by atoms with E-state index in [-0.39, 0.29) is 18.4 Å². The summed E-state index contributed by atoms with van der Waals surface area (Å²) in [6, 6.07) is 12.1. The van der Waals surface area contributed by atoms with E-state index in [4.69, 9.17) is 25.6 Å². The molecule has 1 atom stereocenters. The molecule has 0 aliphatic carbocycles. The molecule has 7 nitrogen and oxygen atoms in total. The molecular formula is C22H24ClN3O4. The minimum atomic E-state index is -0.437. The van der Waals surface area contributed by atoms with Crippen molar-refractivity contribution in [1.29, 1.82) is 0 Å². The van der Waals surface area contributed by atoms with E-state index in [1.807, 2.05) is 45.0 Å². The van der Waals surface area contributed by atoms with Crippen LogP contribution in [0.5, 0.6) is 11.5 Å². The number of hydrogen-bond acceptors (Lipinski definition) is 6. The van der Waals surface area contributed by atoms with Crippen LogP contribution in [0.15, 0.2) is 47.0 Å². The molecule has 1 heterocycles. The number of nitrogens with zero attached hydrogens (tertiary/aromatic N) is 2. The minimum Gasteiger partial charge on any atom is -0.497 e. The van der Waals surface area contributed by atoms with E-state index in [2.05, 4.69) is 15.5 Å². The molecule has 1 amide bonds. The van der Waals surface area contributed by atoms with Crippen molar-refractivity contribution in [1.82, 2.24) is 15.5 Å². The number of nitrogens with one attached hydrogen (secondary N) is 1. The third kappa shape index (κ3) is 5.30. The Morgan fingerprint density at radius 3 is 2.50 bits per heavy atom. The van der Waals surface area contributed by atoms with E-state index in [1.165, 1.54) is 0 Å². The van der Waals surface area contributed by atoms with Gasteiger partial charge in [0.25, 0.3) is 5.91 Å². The summed E-state index contributed by atoms with van der Waals surface area (Å²) in [5.74, 6) is 1.85. The van der Waals surface area contributed by atoms with Crippen molar-refractivity contribution in [3.63, 3.8) is 0 Å². The van der Waals surface area contributed by atoms with Crippen LogP contribution in [-0.4, -0.2) is 29.8 Å². The quantitative estimate of drug-likeness (QED) is 0.563. The van der Waals surface area contributed by atoms with Gasteiger partial charge in [0.05, 0.1) is 7.11 Å². The molecule has 2 aromatic carbocycles. The van der Waals surface area contributed by atoms with Crippen molar-refractivity contribution in [3.05, 3.63) is 58.9 Å². The molecule has 0 aliphatic rings. The van der Waals surface area contributed by atoms with Crippen LogP contribution in [0.3, 0.4) is 0 Å². The van der Waals surface area contributed by atoms with E-state index in [1.54, 1.807) is 25.3 Å². The van der Waals surface area contributed by atoms with E-state index in [0.29, 0.717) is 22.5 Å². The van der Waals surface area contributed by atoms with Gasteiger partial charge in [0.1, 0.15) is 17.5 Å². The lowest BCUT2D eigenvalue weighted by atomic mass is 10.0. The first-order valence-corrected chi connectivity index (χ1v) is 9.91. The Morgan fingerprint density at radius 2 is 1.87 bits per heavy atom. The third-order valence-corrected chi connectivity index (χ3v) is 4.96. The van der Waals surface area contributed by atoms with Gasteiger partial charge in [0.15, 0.2) is 6.61 Å². The normalized spacial score (nSPS) is 11.9. The lowest BCUT2D eigenvalue weighted by Gasteiger charge is -2.18. The minimum absolute atomic E-state index is 0.0379. The van der Waals surface area contributed by atoms with Gasteiger partial charge in [-0.2, -0.15) is 4.98 Å². The van der Waals surface area contributed by atoms with Gasteiger partial charge in [-0.3, -0.25) is 4.79 Å². The number of benzene rings is 2. The molecule has 0 saturated heterocycles. The van der Waals surface area contributed by atoms with Crippen molar-refractivity contribution in [3.8, 4) is 22.9 Å². The number of aryl methyl sites for hydroxylation is 1. The molecule has 0 bridgehead atoms. The van der Waals surface area contributed by atoms with E-state index < -0.39 is 6.04 Å². The fraction of sp³-hybridized carbons (Fsp3) is 0.318. The number of hydrogen-bond donors (Lipinski definition) is 1. The number of aromatic nitrogens is 2. The number of carbonyl (C=O) groups is 1. The summed E-state index contributed by atoms with van der Waals surface area (Å²) in [5, 5.41) is 7.60. The molecule has 0 radical (unpaired) electrons. The van der Waals surface area contributed by atoms with Crippen molar-refractivity contribution in [2.24, 2.45) is 5.92 Å². The topological polar surface area (TPSA) is 86.5 Å². The second-order valence-electron chi connectivity index (χ2n) is 7.17. The molecule has 8 heteroatoms. The highest BCUT2D eigenvalue weighted by atomic mass is 35.5. The number of ether oxygens (including phenoxy) is 2. The number of halogens is 1. The Bertz CT molecular complexity index is 1000. The molecular weight excluding hydrogens is 406 g/mol. The SMILES string of the molecule is COc1ccc(-c2noc([C@H](NC(=O)COc3ccc(Cl)c(C)c3)C(C)C)n2)cc1. The van der Waals surface area contributed by atoms with Crippen LogP contribution in [0.25, 0.3) is 11.4 Å². The van der Waals surface area contributed by atoms with Crippen LogP contribution in [0.4, 0.5) is 0 Å². The smallest absolute Gasteiger partial charge is 0.258 e. The van der Waals surface area contributed by atoms with Crippen LogP contribution >= 0.6 is 11.6 Å². The number of carbonyl (C=O) groups excluding carboxylic acids is 1. The molecule has 0 spiro atoms. The fourth-order valence-corrected chi connectivity index (χ4v) is 2.92. The van der Waals surface area contributed by atoms with Crippen molar-refractivity contribution >= 4 is 17.5 Å². The summed E-state index contributed by atoms with van der Waals surface area (Å²) in [5.41, 5.74) is 1.67. The molecule has 3 aromatic rings. The Balaban J connectivity index is 1.65. The van der Waals surface area contributed by atoms with Gasteiger partial charge < -0.3 is 19.3 Å². The second kappa shape index (κ2) is 9.63. The first-order valence-electron chi connectivity index (χ1n) is 9.53. The van der Waals surface area contributed by atoms with Gasteiger partial charge in [0.2, 0.25) is 11.7 Å². The maximum Gasteiger partial charge on any atom is 0.258 e. The summed E-state index contributed by atoms with van der Waals surface area (Å²) in [7, 11) is 1.61. The molecule has 1 N–H and O–H groups in total. The number of amides is 1. The van der Waals surface area contributed by atoms with Gasteiger partial charge in [-0.1, -0.05) is 30.6 Å². The summed E-state index contributed by atoms with van der Waals surface area (Å²) in [6.07, 6.45) is 0. The summed E-state index contributed by atoms with van der Waals surface area (Å²) in [6.45, 7) is 5.67. The third-order valence-electron chi connectivity index (χ3n) is 4.54. The molecule has 0 saturated carbocycles. The van der Waals surface area contributed by atoms with E-state index >= 15 is 0 Å². The van der Waals surface area contributed by atoms with Crippen LogP contribution in [0.2, 0.25) is 5.02 Å². The number of methoxy groups -OCH3 is 1. The first-order chi connectivity index (χ1) is 14.4. The van der Waals surface area contributed by atoms with Crippen LogP contribution in [-0.2, 0) is 4.79 Å². The lowest BCUT2D eigenvalue weighted by Crippen LogP contribution is -2.35. The Morgan fingerprint density at radius 1 is 1.17 bits per heavy atom. The summed E-state index contributed by atoms with van der Waals surface area (Å²) >= 11 is 6.01. The maximum atomic E-state index is 12.4. The second-order valence-corrected chi connectivity index (χ2v) is 7.58. The molecule has 30 heavy (non-hydrogen) atoms. The zero-order chi connectivity index (χ0) is 21.7. The molecule has 0 unspecified atom stereocenters. The molecule has 0 aliphatic heterocycles. The standard InChI is InChI=1S/C22H24ClN3O4/c1-13(2)20(24-19(27)12-29-17-9-10-18(23)14(3)11-17)22-25-21(26-30-22)15-5-7-16(28-4)8-6-15/h5-11,13,20H,12H2,1-4H3,(H,24,27)/t20-/m1/s1. The molecule has 0 fully saturated rings. The van der Waals surface area contributed by atoms with Gasteiger partial charge >= 0.3 is 0 Å².